The van der Waals surface area contributed by atoms with E-state index in [-0.39, 0.29) is 50.7 Å². The summed E-state index contributed by atoms with van der Waals surface area (Å²) in [5.74, 6) is -5.08. The summed E-state index contributed by atoms with van der Waals surface area (Å²) in [6.07, 6.45) is 2.83. The molecule has 0 aliphatic heterocycles. The van der Waals surface area contributed by atoms with Crippen LogP contribution < -0.4 is 50.4 Å². The van der Waals surface area contributed by atoms with Gasteiger partial charge in [-0.1, -0.05) is 0 Å². The lowest BCUT2D eigenvalue weighted by molar-refractivity contribution is -0.142. The Hall–Kier alpha value is -4.94. The molecule has 19 heteroatoms. The van der Waals surface area contributed by atoms with E-state index in [1.165, 1.54) is 12.5 Å². The quantitative estimate of drug-likeness (QED) is 0.0414. The first-order chi connectivity index (χ1) is 19.3. The predicted molar refractivity (Wildman–Crippen MR) is 147 cm³/mol. The number of guanidine groups is 2. The van der Waals surface area contributed by atoms with E-state index in [9.17, 15) is 29.1 Å². The number of aliphatic carboxylic acids is 1. The number of aromatic nitrogens is 2. The molecule has 0 aliphatic carbocycles. The van der Waals surface area contributed by atoms with Crippen molar-refractivity contribution in [2.24, 2.45) is 44.4 Å². The molecule has 41 heavy (non-hydrogen) atoms. The van der Waals surface area contributed by atoms with Gasteiger partial charge in [-0.25, -0.2) is 9.78 Å². The van der Waals surface area contributed by atoms with E-state index in [4.69, 9.17) is 34.4 Å². The molecule has 228 valence electrons. The minimum atomic E-state index is -1.55. The maximum Gasteiger partial charge on any atom is 0.326 e. The number of primary amides is 1. The van der Waals surface area contributed by atoms with Crippen molar-refractivity contribution >= 4 is 41.5 Å². The van der Waals surface area contributed by atoms with Crippen molar-refractivity contribution in [2.45, 2.75) is 62.7 Å². The lowest BCUT2D eigenvalue weighted by Crippen LogP contribution is -2.58. The van der Waals surface area contributed by atoms with Crippen molar-refractivity contribution in [3.8, 4) is 0 Å². The zero-order chi connectivity index (χ0) is 30.9. The number of amides is 4. The fourth-order valence-electron chi connectivity index (χ4n) is 3.47. The standard InChI is InChI=1S/C22H39N13O6/c23-12(3-1-5-30-21(25)26)17(37)34-14(7-11-9-29-10-32-11)18(38)35-15(8-16(24)36)19(39)33-13(20(40)41)4-2-6-31-22(27)28/h9-10,12-15H,1-8,23H2,(H2,24,36)(H,29,32)(H,33,39)(H,34,37)(H,35,38)(H,40,41)(H4,25,26,30)(H4,27,28,31). The molecule has 1 heterocycles. The Labute approximate surface area is 235 Å². The Morgan fingerprint density at radius 1 is 0.829 bits per heavy atom. The summed E-state index contributed by atoms with van der Waals surface area (Å²) in [7, 11) is 0. The number of aliphatic imine (C=N–C) groups is 2. The fourth-order valence-corrected chi connectivity index (χ4v) is 3.47. The fraction of sp³-hybridized carbons (Fsp3) is 0.545. The number of carbonyl (C=O) groups is 5. The Morgan fingerprint density at radius 2 is 1.37 bits per heavy atom. The van der Waals surface area contributed by atoms with Gasteiger partial charge in [-0.2, -0.15) is 0 Å². The first-order valence-electron chi connectivity index (χ1n) is 12.6. The lowest BCUT2D eigenvalue weighted by Gasteiger charge is -2.24. The Morgan fingerprint density at radius 3 is 1.88 bits per heavy atom. The number of H-pyrrole nitrogens is 1. The molecule has 4 atom stereocenters. The predicted octanol–water partition coefficient (Wildman–Crippen LogP) is -5.20. The van der Waals surface area contributed by atoms with Gasteiger partial charge in [0.05, 0.1) is 18.8 Å². The minimum absolute atomic E-state index is 0.0470. The van der Waals surface area contributed by atoms with Crippen LogP contribution in [0.1, 0.15) is 37.8 Å². The number of carboxylic acids is 1. The number of nitrogens with two attached hydrogens (primary N) is 6. The Balaban J connectivity index is 2.98. The summed E-state index contributed by atoms with van der Waals surface area (Å²) in [6, 6.07) is -5.19. The number of imidazole rings is 1. The van der Waals surface area contributed by atoms with Gasteiger partial charge in [0.1, 0.15) is 18.1 Å². The van der Waals surface area contributed by atoms with Crippen LogP contribution in [0, 0.1) is 0 Å². The highest BCUT2D eigenvalue weighted by molar-refractivity contribution is 5.96. The Bertz CT molecular complexity index is 1080. The zero-order valence-electron chi connectivity index (χ0n) is 22.4. The molecule has 1 rings (SSSR count). The van der Waals surface area contributed by atoms with E-state index < -0.39 is 60.2 Å². The normalized spacial score (nSPS) is 13.5. The highest BCUT2D eigenvalue weighted by Crippen LogP contribution is 2.05. The summed E-state index contributed by atoms with van der Waals surface area (Å²) in [5, 5.41) is 16.7. The monoisotopic (exact) mass is 581 g/mol. The highest BCUT2D eigenvalue weighted by Gasteiger charge is 2.31. The maximum absolute atomic E-state index is 13.2. The van der Waals surface area contributed by atoms with Crippen LogP contribution in [0.3, 0.4) is 0 Å². The SMILES string of the molecule is NC(=O)CC(NC(=O)C(Cc1cnc[nH]1)NC(=O)C(N)CCCN=C(N)N)C(=O)NC(CCCN=C(N)N)C(=O)O. The highest BCUT2D eigenvalue weighted by atomic mass is 16.4. The van der Waals surface area contributed by atoms with Crippen LogP contribution in [0.5, 0.6) is 0 Å². The average Bonchev–Trinajstić information content (AvgIpc) is 3.39. The van der Waals surface area contributed by atoms with Gasteiger partial charge in [0.2, 0.25) is 23.6 Å². The second-order valence-electron chi connectivity index (χ2n) is 8.98. The molecule has 17 N–H and O–H groups in total. The molecule has 1 aromatic rings. The van der Waals surface area contributed by atoms with Crippen LogP contribution in [0.2, 0.25) is 0 Å². The van der Waals surface area contributed by atoms with E-state index in [1.54, 1.807) is 0 Å². The first kappa shape index (κ1) is 34.1. The topological polar surface area (TPSA) is 351 Å². The summed E-state index contributed by atoms with van der Waals surface area (Å²) >= 11 is 0. The number of aromatic amines is 1. The van der Waals surface area contributed by atoms with Crippen molar-refractivity contribution in [2.75, 3.05) is 13.1 Å². The number of hydrogen-bond donors (Lipinski definition) is 11. The zero-order valence-corrected chi connectivity index (χ0v) is 22.4. The van der Waals surface area contributed by atoms with Crippen molar-refractivity contribution < 1.29 is 29.1 Å². The van der Waals surface area contributed by atoms with E-state index >= 15 is 0 Å². The third-order valence-electron chi connectivity index (χ3n) is 5.51. The maximum atomic E-state index is 13.2. The van der Waals surface area contributed by atoms with E-state index in [0.29, 0.717) is 12.1 Å². The molecule has 1 aromatic heterocycles. The summed E-state index contributed by atoms with van der Waals surface area (Å²) in [4.78, 5) is 76.4. The molecule has 0 aliphatic rings. The van der Waals surface area contributed by atoms with E-state index in [2.05, 4.69) is 35.9 Å². The number of carbonyl (C=O) groups excluding carboxylic acids is 4. The van der Waals surface area contributed by atoms with Crippen LogP contribution in [0.15, 0.2) is 22.5 Å². The van der Waals surface area contributed by atoms with Crippen molar-refractivity contribution in [3.05, 3.63) is 18.2 Å². The van der Waals surface area contributed by atoms with Crippen molar-refractivity contribution in [1.29, 1.82) is 0 Å². The van der Waals surface area contributed by atoms with E-state index in [0.717, 1.165) is 0 Å². The van der Waals surface area contributed by atoms with Crippen molar-refractivity contribution in [3.63, 3.8) is 0 Å². The molecule has 19 nitrogen and oxygen atoms in total. The third-order valence-corrected chi connectivity index (χ3v) is 5.51. The van der Waals surface area contributed by atoms with Crippen LogP contribution in [-0.2, 0) is 30.4 Å². The number of carboxylic acid groups (broad SMARTS) is 1. The molecule has 0 fully saturated rings. The molecule has 0 spiro atoms. The molecule has 0 saturated carbocycles. The minimum Gasteiger partial charge on any atom is -0.480 e. The molecule has 4 amide bonds. The van der Waals surface area contributed by atoms with Crippen LogP contribution in [-0.4, -0.2) is 93.8 Å². The van der Waals surface area contributed by atoms with Gasteiger partial charge in [0, 0.05) is 31.4 Å². The van der Waals surface area contributed by atoms with Crippen LogP contribution in [0.25, 0.3) is 0 Å². The van der Waals surface area contributed by atoms with Gasteiger partial charge in [0.15, 0.2) is 11.9 Å². The van der Waals surface area contributed by atoms with Gasteiger partial charge in [-0.15, -0.1) is 0 Å². The molecule has 4 unspecified atom stereocenters. The number of nitrogens with one attached hydrogen (secondary N) is 4. The van der Waals surface area contributed by atoms with Gasteiger partial charge < -0.3 is 60.4 Å². The second-order valence-corrected chi connectivity index (χ2v) is 8.98. The summed E-state index contributed by atoms with van der Waals surface area (Å²) in [6.45, 7) is 0.367. The van der Waals surface area contributed by atoms with Gasteiger partial charge >= 0.3 is 5.97 Å². The number of hydrogen-bond acceptors (Lipinski definition) is 9. The summed E-state index contributed by atoms with van der Waals surface area (Å²) in [5.41, 5.74) is 32.7. The molecule has 0 saturated heterocycles. The first-order valence-corrected chi connectivity index (χ1v) is 12.6. The largest absolute Gasteiger partial charge is 0.480 e. The Kier molecular flexibility index (Phi) is 14.6. The molecule has 0 radical (unpaired) electrons. The van der Waals surface area contributed by atoms with Gasteiger partial charge in [-0.05, 0) is 25.7 Å². The van der Waals surface area contributed by atoms with Gasteiger partial charge in [0.25, 0.3) is 0 Å². The number of rotatable bonds is 19. The van der Waals surface area contributed by atoms with Crippen molar-refractivity contribution in [1.82, 2.24) is 25.9 Å². The van der Waals surface area contributed by atoms with Crippen LogP contribution >= 0.6 is 0 Å². The lowest BCUT2D eigenvalue weighted by atomic mass is 10.1. The average molecular weight is 582 g/mol. The molecular weight excluding hydrogens is 542 g/mol. The van der Waals surface area contributed by atoms with Crippen LogP contribution in [0.4, 0.5) is 0 Å². The van der Waals surface area contributed by atoms with E-state index in [1.807, 2.05) is 0 Å². The molecular formula is C22H39N13O6. The molecule has 0 aromatic carbocycles. The van der Waals surface area contributed by atoms with Gasteiger partial charge in [-0.3, -0.25) is 29.2 Å². The second kappa shape index (κ2) is 17.6. The number of nitrogens with zero attached hydrogens (tertiary/aromatic N) is 3. The smallest absolute Gasteiger partial charge is 0.326 e. The third kappa shape index (κ3) is 14.1. The summed E-state index contributed by atoms with van der Waals surface area (Å²) < 4.78 is 0. The molecule has 0 bridgehead atoms.